The van der Waals surface area contributed by atoms with Crippen LogP contribution in [0.4, 0.5) is 0 Å². The normalized spacial score (nSPS) is 12.1. The minimum atomic E-state index is 0.0167. The zero-order valence-corrected chi connectivity index (χ0v) is 9.16. The molecule has 15 heavy (non-hydrogen) atoms. The summed E-state index contributed by atoms with van der Waals surface area (Å²) in [6.07, 6.45) is 3.99. The molecule has 0 spiro atoms. The molecular formula is C11H17N3O. The summed E-state index contributed by atoms with van der Waals surface area (Å²) in [5, 5.41) is 5.85. The molecule has 0 aliphatic heterocycles. The monoisotopic (exact) mass is 207 g/mol. The molecule has 1 amide bonds. The second kappa shape index (κ2) is 6.14. The largest absolute Gasteiger partial charge is 0.349 e. The lowest BCUT2D eigenvalue weighted by molar-refractivity contribution is -0.121. The van der Waals surface area contributed by atoms with E-state index in [1.165, 1.54) is 0 Å². The van der Waals surface area contributed by atoms with Gasteiger partial charge in [-0.1, -0.05) is 6.07 Å². The van der Waals surface area contributed by atoms with Crippen molar-refractivity contribution in [3.05, 3.63) is 30.1 Å². The number of amides is 1. The molecule has 1 aromatic rings. The Morgan fingerprint density at radius 2 is 2.40 bits per heavy atom. The van der Waals surface area contributed by atoms with Crippen molar-refractivity contribution in [2.75, 3.05) is 13.6 Å². The van der Waals surface area contributed by atoms with Crippen LogP contribution in [0, 0.1) is 0 Å². The molecule has 1 heterocycles. The van der Waals surface area contributed by atoms with Gasteiger partial charge in [0, 0.05) is 25.4 Å². The molecule has 0 unspecified atom stereocenters. The van der Waals surface area contributed by atoms with E-state index in [2.05, 4.69) is 15.6 Å². The van der Waals surface area contributed by atoms with Crippen LogP contribution in [-0.2, 0) is 4.79 Å². The van der Waals surface area contributed by atoms with Crippen LogP contribution in [0.25, 0.3) is 0 Å². The summed E-state index contributed by atoms with van der Waals surface area (Å²) in [6.45, 7) is 2.65. The number of hydrogen-bond donors (Lipinski definition) is 2. The second-order valence-electron chi connectivity index (χ2n) is 3.43. The third-order valence-electron chi connectivity index (χ3n) is 2.16. The fraction of sp³-hybridized carbons (Fsp3) is 0.455. The first-order chi connectivity index (χ1) is 7.24. The number of nitrogens with one attached hydrogen (secondary N) is 2. The Hall–Kier alpha value is -1.42. The lowest BCUT2D eigenvalue weighted by Crippen LogP contribution is -2.29. The van der Waals surface area contributed by atoms with E-state index in [0.717, 1.165) is 5.56 Å². The average Bonchev–Trinajstić information content (AvgIpc) is 2.27. The lowest BCUT2D eigenvalue weighted by Gasteiger charge is -2.13. The van der Waals surface area contributed by atoms with E-state index >= 15 is 0 Å². The third kappa shape index (κ3) is 4.08. The molecule has 0 aliphatic carbocycles. The van der Waals surface area contributed by atoms with Gasteiger partial charge < -0.3 is 10.6 Å². The van der Waals surface area contributed by atoms with Crippen molar-refractivity contribution in [2.45, 2.75) is 19.4 Å². The molecule has 0 saturated carbocycles. The molecule has 0 aliphatic rings. The molecule has 4 nitrogen and oxygen atoms in total. The van der Waals surface area contributed by atoms with Crippen LogP contribution < -0.4 is 10.6 Å². The Kier molecular flexibility index (Phi) is 4.77. The van der Waals surface area contributed by atoms with Gasteiger partial charge in [-0.25, -0.2) is 0 Å². The van der Waals surface area contributed by atoms with E-state index < -0.39 is 0 Å². The molecule has 82 valence electrons. The summed E-state index contributed by atoms with van der Waals surface area (Å²) >= 11 is 0. The average molecular weight is 207 g/mol. The summed E-state index contributed by atoms with van der Waals surface area (Å²) in [6, 6.07) is 3.84. The Bertz CT molecular complexity index is 300. The number of hydrogen-bond acceptors (Lipinski definition) is 3. The predicted molar refractivity (Wildman–Crippen MR) is 59.3 cm³/mol. The second-order valence-corrected chi connectivity index (χ2v) is 3.43. The first-order valence-electron chi connectivity index (χ1n) is 5.08. The molecule has 0 radical (unpaired) electrons. The fourth-order valence-corrected chi connectivity index (χ4v) is 1.27. The number of pyridine rings is 1. The maximum atomic E-state index is 11.4. The molecule has 1 aromatic heterocycles. The van der Waals surface area contributed by atoms with Crippen LogP contribution in [0.3, 0.4) is 0 Å². The summed E-state index contributed by atoms with van der Waals surface area (Å²) in [5.74, 6) is 0.0562. The van der Waals surface area contributed by atoms with E-state index in [1.807, 2.05) is 26.1 Å². The zero-order chi connectivity index (χ0) is 11.1. The molecule has 0 bridgehead atoms. The van der Waals surface area contributed by atoms with E-state index in [0.29, 0.717) is 13.0 Å². The van der Waals surface area contributed by atoms with Crippen molar-refractivity contribution in [1.29, 1.82) is 0 Å². The van der Waals surface area contributed by atoms with Crippen LogP contribution in [0.15, 0.2) is 24.5 Å². The van der Waals surface area contributed by atoms with Gasteiger partial charge in [0.15, 0.2) is 0 Å². The van der Waals surface area contributed by atoms with E-state index in [4.69, 9.17) is 0 Å². The number of carbonyl (C=O) groups excluding carboxylic acids is 1. The first kappa shape index (κ1) is 11.7. The molecule has 0 saturated heterocycles. The zero-order valence-electron chi connectivity index (χ0n) is 9.16. The van der Waals surface area contributed by atoms with Crippen molar-refractivity contribution in [3.63, 3.8) is 0 Å². The maximum absolute atomic E-state index is 11.4. The van der Waals surface area contributed by atoms with Crippen LogP contribution in [0.1, 0.15) is 24.9 Å². The van der Waals surface area contributed by atoms with Gasteiger partial charge in [0.05, 0.1) is 6.04 Å². The summed E-state index contributed by atoms with van der Waals surface area (Å²) in [4.78, 5) is 15.4. The Morgan fingerprint density at radius 3 is 3.00 bits per heavy atom. The highest BCUT2D eigenvalue weighted by atomic mass is 16.1. The van der Waals surface area contributed by atoms with Gasteiger partial charge in [-0.15, -0.1) is 0 Å². The van der Waals surface area contributed by atoms with Crippen LogP contribution in [0.2, 0.25) is 0 Å². The van der Waals surface area contributed by atoms with Gasteiger partial charge in [0.25, 0.3) is 0 Å². The standard InChI is InChI=1S/C11H17N3O/c1-9(10-4-3-6-13-8-10)14-11(15)5-7-12-2/h3-4,6,8-9,12H,5,7H2,1-2H3,(H,14,15)/t9-/m0/s1. The van der Waals surface area contributed by atoms with E-state index in [-0.39, 0.29) is 11.9 Å². The number of aromatic nitrogens is 1. The summed E-state index contributed by atoms with van der Waals surface area (Å²) in [7, 11) is 1.83. The van der Waals surface area contributed by atoms with E-state index in [9.17, 15) is 4.79 Å². The van der Waals surface area contributed by atoms with Gasteiger partial charge in [-0.3, -0.25) is 9.78 Å². The van der Waals surface area contributed by atoms with Gasteiger partial charge in [0.2, 0.25) is 5.91 Å². The molecule has 0 fully saturated rings. The van der Waals surface area contributed by atoms with Crippen molar-refractivity contribution in [3.8, 4) is 0 Å². The highest BCUT2D eigenvalue weighted by molar-refractivity contribution is 5.76. The predicted octanol–water partition coefficient (Wildman–Crippen LogP) is 0.868. The third-order valence-corrected chi connectivity index (χ3v) is 2.16. The summed E-state index contributed by atoms with van der Waals surface area (Å²) < 4.78 is 0. The van der Waals surface area contributed by atoms with Crippen molar-refractivity contribution < 1.29 is 4.79 Å². The lowest BCUT2D eigenvalue weighted by atomic mass is 10.1. The maximum Gasteiger partial charge on any atom is 0.221 e. The van der Waals surface area contributed by atoms with Crippen molar-refractivity contribution in [2.24, 2.45) is 0 Å². The minimum Gasteiger partial charge on any atom is -0.349 e. The Labute approximate surface area is 90.1 Å². The van der Waals surface area contributed by atoms with Crippen LogP contribution in [-0.4, -0.2) is 24.5 Å². The SMILES string of the molecule is CNCCC(=O)N[C@@H](C)c1cccnc1. The topological polar surface area (TPSA) is 54.0 Å². The van der Waals surface area contributed by atoms with Gasteiger partial charge in [-0.2, -0.15) is 0 Å². The van der Waals surface area contributed by atoms with Crippen LogP contribution in [0.5, 0.6) is 0 Å². The molecule has 2 N–H and O–H groups in total. The Balaban J connectivity index is 2.42. The molecule has 1 rings (SSSR count). The molecule has 0 aromatic carbocycles. The fourth-order valence-electron chi connectivity index (χ4n) is 1.27. The van der Waals surface area contributed by atoms with E-state index in [1.54, 1.807) is 12.4 Å². The van der Waals surface area contributed by atoms with Gasteiger partial charge in [0.1, 0.15) is 0 Å². The smallest absolute Gasteiger partial charge is 0.221 e. The quantitative estimate of drug-likeness (QED) is 0.753. The van der Waals surface area contributed by atoms with Gasteiger partial charge in [-0.05, 0) is 25.6 Å². The highest BCUT2D eigenvalue weighted by Crippen LogP contribution is 2.09. The molecular weight excluding hydrogens is 190 g/mol. The van der Waals surface area contributed by atoms with Crippen LogP contribution >= 0.6 is 0 Å². The Morgan fingerprint density at radius 1 is 1.60 bits per heavy atom. The minimum absolute atomic E-state index is 0.0167. The molecule has 4 heteroatoms. The van der Waals surface area contributed by atoms with Crippen molar-refractivity contribution >= 4 is 5.91 Å². The highest BCUT2D eigenvalue weighted by Gasteiger charge is 2.08. The first-order valence-corrected chi connectivity index (χ1v) is 5.08. The number of rotatable bonds is 5. The summed E-state index contributed by atoms with van der Waals surface area (Å²) in [5.41, 5.74) is 1.02. The number of carbonyl (C=O) groups is 1. The van der Waals surface area contributed by atoms with Crippen molar-refractivity contribution in [1.82, 2.24) is 15.6 Å². The number of nitrogens with zero attached hydrogens (tertiary/aromatic N) is 1. The molecule has 1 atom stereocenters. The van der Waals surface area contributed by atoms with Gasteiger partial charge >= 0.3 is 0 Å².